The van der Waals surface area contributed by atoms with Crippen molar-refractivity contribution in [3.05, 3.63) is 58.0 Å². The molecule has 1 heterocycles. The number of halogens is 1. The van der Waals surface area contributed by atoms with Crippen molar-refractivity contribution in [3.63, 3.8) is 0 Å². The maximum Gasteiger partial charge on any atom is 0.169 e. The molecule has 3 heteroatoms. The molecule has 0 radical (unpaired) electrons. The molecule has 0 aliphatic rings. The summed E-state index contributed by atoms with van der Waals surface area (Å²) in [5.41, 5.74) is 2.65. The van der Waals surface area contributed by atoms with Crippen molar-refractivity contribution in [1.82, 2.24) is 5.32 Å². The summed E-state index contributed by atoms with van der Waals surface area (Å²) in [4.78, 5) is 0. The van der Waals surface area contributed by atoms with E-state index in [1.807, 2.05) is 12.1 Å². The van der Waals surface area contributed by atoms with Crippen LogP contribution in [0.2, 0.25) is 0 Å². The molecule has 0 aliphatic heterocycles. The Labute approximate surface area is 117 Å². The van der Waals surface area contributed by atoms with Crippen LogP contribution < -0.4 is 5.32 Å². The predicted molar refractivity (Wildman–Crippen MR) is 77.7 cm³/mol. The molecule has 2 rings (SSSR count). The van der Waals surface area contributed by atoms with E-state index in [1.54, 1.807) is 0 Å². The zero-order valence-electron chi connectivity index (χ0n) is 10.7. The molecule has 2 aromatic rings. The second-order valence-electron chi connectivity index (χ2n) is 4.18. The minimum Gasteiger partial charge on any atom is -0.452 e. The molecule has 2 nitrogen and oxygen atoms in total. The molecule has 0 fully saturated rings. The van der Waals surface area contributed by atoms with Gasteiger partial charge in [-0.05, 0) is 52.2 Å². The summed E-state index contributed by atoms with van der Waals surface area (Å²) in [6.45, 7) is 5.19. The molecule has 96 valence electrons. The molecule has 0 saturated carbocycles. The number of nitrogens with one attached hydrogen (secondary N) is 1. The van der Waals surface area contributed by atoms with E-state index in [4.69, 9.17) is 4.42 Å². The Morgan fingerprint density at radius 1 is 1.17 bits per heavy atom. The Morgan fingerprint density at radius 2 is 1.94 bits per heavy atom. The third-order valence-corrected chi connectivity index (χ3v) is 3.46. The zero-order valence-corrected chi connectivity index (χ0v) is 12.3. The minimum absolute atomic E-state index is 0.123. The average molecular weight is 308 g/mol. The molecule has 0 saturated heterocycles. The molecule has 0 spiro atoms. The molecule has 1 unspecified atom stereocenters. The third kappa shape index (κ3) is 2.85. The van der Waals surface area contributed by atoms with E-state index in [9.17, 15) is 0 Å². The minimum atomic E-state index is 0.123. The van der Waals surface area contributed by atoms with Gasteiger partial charge < -0.3 is 9.73 Å². The Bertz CT molecular complexity index is 507. The molecule has 0 aliphatic carbocycles. The van der Waals surface area contributed by atoms with Gasteiger partial charge in [0, 0.05) is 0 Å². The quantitative estimate of drug-likeness (QED) is 0.890. The normalized spacial score (nSPS) is 12.6. The van der Waals surface area contributed by atoms with Gasteiger partial charge in [0.15, 0.2) is 4.67 Å². The van der Waals surface area contributed by atoms with Gasteiger partial charge in [0.25, 0.3) is 0 Å². The number of hydrogen-bond donors (Lipinski definition) is 1. The first-order valence-corrected chi connectivity index (χ1v) is 7.12. The van der Waals surface area contributed by atoms with Gasteiger partial charge in [0.05, 0.1) is 6.04 Å². The van der Waals surface area contributed by atoms with Crippen LogP contribution in [0.25, 0.3) is 0 Å². The van der Waals surface area contributed by atoms with Crippen LogP contribution >= 0.6 is 15.9 Å². The van der Waals surface area contributed by atoms with Gasteiger partial charge in [0.1, 0.15) is 5.76 Å². The Hall–Kier alpha value is -1.06. The molecular weight excluding hydrogens is 290 g/mol. The second-order valence-corrected chi connectivity index (χ2v) is 4.97. The predicted octanol–water partition coefficient (Wildman–Crippen LogP) is 4.30. The highest BCUT2D eigenvalue weighted by atomic mass is 79.9. The molecule has 1 N–H and O–H groups in total. The molecule has 1 aromatic heterocycles. The topological polar surface area (TPSA) is 25.2 Å². The van der Waals surface area contributed by atoms with E-state index >= 15 is 0 Å². The smallest absolute Gasteiger partial charge is 0.169 e. The van der Waals surface area contributed by atoms with Crippen LogP contribution in [-0.4, -0.2) is 6.54 Å². The van der Waals surface area contributed by atoms with Crippen molar-refractivity contribution >= 4 is 15.9 Å². The first-order valence-electron chi connectivity index (χ1n) is 6.32. The lowest BCUT2D eigenvalue weighted by molar-refractivity contribution is 0.436. The Kier molecular flexibility index (Phi) is 4.61. The summed E-state index contributed by atoms with van der Waals surface area (Å²) in [6, 6.07) is 12.6. The maximum atomic E-state index is 5.71. The first-order chi connectivity index (χ1) is 8.76. The van der Waals surface area contributed by atoms with Crippen LogP contribution in [-0.2, 0) is 6.42 Å². The lowest BCUT2D eigenvalue weighted by Gasteiger charge is -2.19. The summed E-state index contributed by atoms with van der Waals surface area (Å²) < 4.78 is 6.48. The molecule has 1 atom stereocenters. The van der Waals surface area contributed by atoms with Crippen molar-refractivity contribution in [2.45, 2.75) is 26.3 Å². The van der Waals surface area contributed by atoms with Gasteiger partial charge >= 0.3 is 0 Å². The van der Waals surface area contributed by atoms with Crippen molar-refractivity contribution in [1.29, 1.82) is 0 Å². The van der Waals surface area contributed by atoms with Gasteiger partial charge in [-0.2, -0.15) is 0 Å². The number of benzene rings is 1. The molecule has 0 amide bonds. The van der Waals surface area contributed by atoms with Crippen LogP contribution in [0.3, 0.4) is 0 Å². The maximum absolute atomic E-state index is 5.71. The molecule has 0 bridgehead atoms. The fourth-order valence-electron chi connectivity index (χ4n) is 2.19. The van der Waals surface area contributed by atoms with Gasteiger partial charge in [-0.1, -0.05) is 38.1 Å². The van der Waals surface area contributed by atoms with Crippen LogP contribution in [0.4, 0.5) is 0 Å². The van der Waals surface area contributed by atoms with Crippen LogP contribution in [0.5, 0.6) is 0 Å². The number of hydrogen-bond acceptors (Lipinski definition) is 2. The van der Waals surface area contributed by atoms with E-state index in [2.05, 4.69) is 59.4 Å². The zero-order chi connectivity index (χ0) is 13.0. The number of furan rings is 1. The van der Waals surface area contributed by atoms with Crippen LogP contribution in [0.15, 0.2) is 45.5 Å². The monoisotopic (exact) mass is 307 g/mol. The summed E-state index contributed by atoms with van der Waals surface area (Å²) in [5, 5.41) is 3.49. The van der Waals surface area contributed by atoms with Gasteiger partial charge in [-0.3, -0.25) is 0 Å². The van der Waals surface area contributed by atoms with Crippen LogP contribution in [0, 0.1) is 0 Å². The largest absolute Gasteiger partial charge is 0.452 e. The van der Waals surface area contributed by atoms with Crippen molar-refractivity contribution < 1.29 is 4.42 Å². The Morgan fingerprint density at radius 3 is 2.56 bits per heavy atom. The van der Waals surface area contributed by atoms with Crippen molar-refractivity contribution in [2.75, 3.05) is 6.54 Å². The summed E-state index contributed by atoms with van der Waals surface area (Å²) in [7, 11) is 0. The van der Waals surface area contributed by atoms with E-state index in [-0.39, 0.29) is 6.04 Å². The van der Waals surface area contributed by atoms with E-state index in [0.717, 1.165) is 23.4 Å². The fourth-order valence-corrected chi connectivity index (χ4v) is 2.51. The standard InChI is InChI=1S/C15H18BrNO/c1-3-11-7-5-6-8-12(11)15(17-4-2)13-9-10-14(16)18-13/h5-10,15,17H,3-4H2,1-2H3. The Balaban J connectivity index is 2.41. The third-order valence-electron chi connectivity index (χ3n) is 3.03. The second kappa shape index (κ2) is 6.21. The summed E-state index contributed by atoms with van der Waals surface area (Å²) >= 11 is 3.37. The SMILES string of the molecule is CCNC(c1ccc(Br)o1)c1ccccc1CC. The van der Waals surface area contributed by atoms with Crippen LogP contribution in [0.1, 0.15) is 36.8 Å². The van der Waals surface area contributed by atoms with Crippen molar-refractivity contribution in [2.24, 2.45) is 0 Å². The number of rotatable bonds is 5. The summed E-state index contributed by atoms with van der Waals surface area (Å²) in [6.07, 6.45) is 1.03. The number of aryl methyl sites for hydroxylation is 1. The highest BCUT2D eigenvalue weighted by Crippen LogP contribution is 2.28. The highest BCUT2D eigenvalue weighted by molar-refractivity contribution is 9.10. The average Bonchev–Trinajstić information content (AvgIpc) is 2.82. The lowest BCUT2D eigenvalue weighted by atomic mass is 9.97. The fraction of sp³-hybridized carbons (Fsp3) is 0.333. The van der Waals surface area contributed by atoms with Crippen molar-refractivity contribution in [3.8, 4) is 0 Å². The van der Waals surface area contributed by atoms with E-state index < -0.39 is 0 Å². The van der Waals surface area contributed by atoms with Gasteiger partial charge in [0.2, 0.25) is 0 Å². The van der Waals surface area contributed by atoms with Gasteiger partial charge in [-0.25, -0.2) is 0 Å². The van der Waals surface area contributed by atoms with E-state index in [0.29, 0.717) is 0 Å². The highest BCUT2D eigenvalue weighted by Gasteiger charge is 2.18. The van der Waals surface area contributed by atoms with Gasteiger partial charge in [-0.15, -0.1) is 0 Å². The molecular formula is C15H18BrNO. The lowest BCUT2D eigenvalue weighted by Crippen LogP contribution is -2.22. The molecule has 1 aromatic carbocycles. The first kappa shape index (κ1) is 13.4. The summed E-state index contributed by atoms with van der Waals surface area (Å²) in [5.74, 6) is 0.949. The molecule has 18 heavy (non-hydrogen) atoms. The van der Waals surface area contributed by atoms with E-state index in [1.165, 1.54) is 11.1 Å².